The Balaban J connectivity index is -0.0000000397. The fourth-order valence-corrected chi connectivity index (χ4v) is 3.01. The molecular formula is C54H116N8Ni8O8. The number of hydrogen-bond donors (Lipinski definition) is 8. The summed E-state index contributed by atoms with van der Waals surface area (Å²) in [6.45, 7) is 47.4. The quantitative estimate of drug-likeness (QED) is 0.0430. The van der Waals surface area contributed by atoms with E-state index in [9.17, 15) is 20.4 Å². The Labute approximate surface area is 559 Å². The van der Waals surface area contributed by atoms with Crippen molar-refractivity contribution in [2.75, 3.05) is 40.3 Å². The predicted molar refractivity (Wildman–Crippen MR) is 310 cm³/mol. The summed E-state index contributed by atoms with van der Waals surface area (Å²) in [6.07, 6.45) is 17.5. The van der Waals surface area contributed by atoms with E-state index in [0.717, 1.165) is 51.9 Å². The van der Waals surface area contributed by atoms with E-state index in [2.05, 4.69) is 53.8 Å². The molecule has 4 atom stereocenters. The van der Waals surface area contributed by atoms with E-state index < -0.39 is 44.8 Å². The van der Waals surface area contributed by atoms with Crippen LogP contribution in [-0.2, 0) is 132 Å². The zero-order chi connectivity index (χ0) is 57.5. The van der Waals surface area contributed by atoms with Crippen LogP contribution < -0.4 is 0 Å². The molecule has 0 bridgehead atoms. The van der Waals surface area contributed by atoms with Gasteiger partial charge >= 0.3 is 0 Å². The van der Waals surface area contributed by atoms with Crippen molar-refractivity contribution in [3.8, 4) is 0 Å². The molecule has 0 aliphatic carbocycles. The number of aliphatic hydroxyl groups is 8. The minimum absolute atomic E-state index is 0. The van der Waals surface area contributed by atoms with E-state index >= 15 is 0 Å². The van der Waals surface area contributed by atoms with Gasteiger partial charge in [0, 0.05) is 234 Å². The normalized spacial score (nSPS) is 14.2. The Morgan fingerprint density at radius 3 is 0.705 bits per heavy atom. The van der Waals surface area contributed by atoms with Gasteiger partial charge in [0.2, 0.25) is 0 Å². The van der Waals surface area contributed by atoms with Crippen molar-refractivity contribution in [2.45, 2.75) is 262 Å². The summed E-state index contributed by atoms with van der Waals surface area (Å²) >= 11 is 0. The Bertz CT molecular complexity index is 1410. The first kappa shape index (κ1) is 121. The zero-order valence-corrected chi connectivity index (χ0v) is 60.4. The monoisotopic (exact) mass is 1470 g/mol. The average molecular weight is 1480 g/mol. The number of hydrogen-bond acceptors (Lipinski definition) is 16. The smallest absolute Gasteiger partial charge is 0.0962 e. The summed E-state index contributed by atoms with van der Waals surface area (Å²) in [7, 11) is 3.29. The maximum Gasteiger partial charge on any atom is 0.0962 e. The molecule has 4 unspecified atom stereocenters. The van der Waals surface area contributed by atoms with Crippen LogP contribution in [0.3, 0.4) is 0 Å². The van der Waals surface area contributed by atoms with Crippen molar-refractivity contribution in [1.82, 2.24) is 0 Å². The topological polar surface area (TPSA) is 261 Å². The van der Waals surface area contributed by atoms with Crippen LogP contribution in [0, 0.1) is 0 Å². The first-order chi connectivity index (χ1) is 31.4. The fourth-order valence-electron chi connectivity index (χ4n) is 3.01. The summed E-state index contributed by atoms with van der Waals surface area (Å²) in [5.74, 6) is 0. The van der Waals surface area contributed by atoms with Gasteiger partial charge in [-0.3, -0.25) is 39.9 Å². The van der Waals surface area contributed by atoms with Crippen LogP contribution in [0.1, 0.15) is 205 Å². The summed E-state index contributed by atoms with van der Waals surface area (Å²) in [5, 5.41) is 73.4. The molecule has 0 spiro atoms. The molecule has 16 nitrogen and oxygen atoms in total. The van der Waals surface area contributed by atoms with Gasteiger partial charge in [-0.2, -0.15) is 0 Å². The third kappa shape index (κ3) is 147. The molecule has 0 rings (SSSR count). The van der Waals surface area contributed by atoms with E-state index in [-0.39, 0.29) is 144 Å². The average Bonchev–Trinajstić information content (AvgIpc) is 3.21. The molecule has 0 aromatic carbocycles. The van der Waals surface area contributed by atoms with Crippen LogP contribution in [0.4, 0.5) is 0 Å². The summed E-state index contributed by atoms with van der Waals surface area (Å²) in [5.41, 5.74) is -5.80. The third-order valence-corrected chi connectivity index (χ3v) is 7.68. The van der Waals surface area contributed by atoms with E-state index in [1.807, 2.05) is 69.2 Å². The molecule has 0 saturated heterocycles. The number of aliphatic imine (C=N–C) groups is 8. The summed E-state index contributed by atoms with van der Waals surface area (Å²) in [6, 6.07) is 0.550. The number of nitrogens with zero attached hydrogens (tertiary/aromatic N) is 8. The second kappa shape index (κ2) is 70.5. The largest absolute Gasteiger partial charge is 0.385 e. The van der Waals surface area contributed by atoms with Crippen LogP contribution >= 0.6 is 0 Å². The van der Waals surface area contributed by atoms with Gasteiger partial charge in [0.25, 0.3) is 0 Å². The van der Waals surface area contributed by atoms with Gasteiger partial charge in [-0.1, -0.05) is 41.5 Å². The van der Waals surface area contributed by atoms with Gasteiger partial charge in [0.05, 0.1) is 44.8 Å². The van der Waals surface area contributed by atoms with Crippen molar-refractivity contribution in [1.29, 1.82) is 0 Å². The predicted octanol–water partition coefficient (Wildman–Crippen LogP) is 9.10. The van der Waals surface area contributed by atoms with Crippen LogP contribution in [0.15, 0.2) is 39.9 Å². The van der Waals surface area contributed by atoms with Gasteiger partial charge in [-0.05, 0) is 163 Å². The molecule has 24 heteroatoms. The molecule has 0 aromatic heterocycles. The van der Waals surface area contributed by atoms with Gasteiger partial charge in [-0.25, -0.2) is 0 Å². The minimum Gasteiger partial charge on any atom is -0.385 e. The molecule has 78 heavy (non-hydrogen) atoms. The Kier molecular flexibility index (Phi) is 109. The van der Waals surface area contributed by atoms with E-state index in [4.69, 9.17) is 20.4 Å². The Hall–Kier alpha value is 0.988. The van der Waals surface area contributed by atoms with E-state index in [1.54, 1.807) is 141 Å². The van der Waals surface area contributed by atoms with Crippen molar-refractivity contribution < 1.29 is 173 Å². The van der Waals surface area contributed by atoms with Crippen LogP contribution in [-0.4, -0.2) is 188 Å². The summed E-state index contributed by atoms with van der Waals surface area (Å²) < 4.78 is 0. The van der Waals surface area contributed by atoms with Crippen LogP contribution in [0.2, 0.25) is 0 Å². The van der Waals surface area contributed by atoms with Gasteiger partial charge in [-0.15, -0.1) is 0 Å². The number of rotatable bonds is 20. The van der Waals surface area contributed by atoms with Gasteiger partial charge < -0.3 is 40.9 Å². The maximum absolute atomic E-state index is 9.42. The Morgan fingerprint density at radius 1 is 0.308 bits per heavy atom. The van der Waals surface area contributed by atoms with E-state index in [1.165, 1.54) is 6.21 Å². The maximum atomic E-state index is 9.42. The Morgan fingerprint density at radius 2 is 0.526 bits per heavy atom. The van der Waals surface area contributed by atoms with Crippen molar-refractivity contribution in [2.24, 2.45) is 39.9 Å². The van der Waals surface area contributed by atoms with Crippen molar-refractivity contribution >= 4 is 49.7 Å². The van der Waals surface area contributed by atoms with Crippen molar-refractivity contribution in [3.05, 3.63) is 0 Å². The van der Waals surface area contributed by atoms with Crippen LogP contribution in [0.5, 0.6) is 0 Å². The van der Waals surface area contributed by atoms with Crippen LogP contribution in [0.25, 0.3) is 0 Å². The second-order valence-electron chi connectivity index (χ2n) is 20.3. The minimum atomic E-state index is -0.760. The molecule has 500 valence electrons. The van der Waals surface area contributed by atoms with E-state index in [0.29, 0.717) is 12.8 Å². The van der Waals surface area contributed by atoms with Gasteiger partial charge in [0.1, 0.15) is 0 Å². The fraction of sp³-hybridized carbons (Fsp3) is 0.852. The zero-order valence-electron chi connectivity index (χ0n) is 52.5. The molecule has 0 radical (unpaired) electrons. The first-order valence-electron chi connectivity index (χ1n) is 25.2. The molecule has 0 heterocycles. The van der Waals surface area contributed by atoms with Gasteiger partial charge in [0.15, 0.2) is 0 Å². The first-order valence-corrected chi connectivity index (χ1v) is 25.2. The molecule has 0 fully saturated rings. The summed E-state index contributed by atoms with van der Waals surface area (Å²) in [4.78, 5) is 31.3. The SMILES string of the molecule is CC(C)N=CC(C)(C)O.CCC(C)(O)C=NC.CCC(C)(O)C=NC(C)C.CCCN=CC(C)(C)O.CCCN=CC(C)(O)CC.CCN=CC(C)(C)O.CCN=CC(C)(O)CC.CN=CC(C)(C)O.[Ni].[Ni].[Ni].[Ni].[Ni].[Ni].[Ni].[Ni]. The molecule has 8 N–H and O–H groups in total. The second-order valence-corrected chi connectivity index (χ2v) is 20.3. The molecular weight excluding hydrogens is 1360 g/mol. The molecule has 0 aliphatic heterocycles. The third-order valence-electron chi connectivity index (χ3n) is 7.68. The molecule has 0 aliphatic rings. The van der Waals surface area contributed by atoms with Crippen molar-refractivity contribution in [3.63, 3.8) is 0 Å². The molecule has 0 aromatic rings. The standard InChI is InChI=1S/2C8H17NO.3C7H15NO.2C6H13NO.C5H11NO.8Ni/c1-5-8(4,10)6-9-7(2)3;1-4-6-9-7-8(3,10)5-2;1-6(2)8-5-7(3,4)9;1-4-5-8-6-7(2,3)9;1-4-7(3,9)6-8-5-2;1-4-6(2,8)5-7-3;1-4-7-5-6(2,3)8;1-5(2,7)4-6-3;;;;;;;;/h6-7,10H,5H2,1-4H3;7,10H,4-6H2,1-3H3;5-6,9H,1-4H3;2*6,9H,4-5H2,1-3H3;2*5,8H,4H2,1-3H3;4,7H,1-3H3;;;;;;;;. The molecule has 0 saturated carbocycles. The molecule has 0 amide bonds.